The van der Waals surface area contributed by atoms with Crippen molar-refractivity contribution in [2.45, 2.75) is 40.0 Å². The number of ether oxygens (including phenoxy) is 2. The maximum Gasteiger partial charge on any atom is 0.276 e. The molecule has 0 heterocycles. The van der Waals surface area contributed by atoms with E-state index in [1.807, 2.05) is 24.3 Å². The van der Waals surface area contributed by atoms with Crippen LogP contribution in [0.3, 0.4) is 0 Å². The highest BCUT2D eigenvalue weighted by molar-refractivity contribution is 5.95. The van der Waals surface area contributed by atoms with Crippen molar-refractivity contribution in [1.29, 1.82) is 0 Å². The molecule has 0 saturated heterocycles. The predicted octanol–water partition coefficient (Wildman–Crippen LogP) is 4.07. The summed E-state index contributed by atoms with van der Waals surface area (Å²) < 4.78 is 11.1. The molecule has 2 rings (SSSR count). The largest absolute Gasteiger partial charge is 0.494 e. The maximum absolute atomic E-state index is 12.1. The Kier molecular flexibility index (Phi) is 8.52. The minimum absolute atomic E-state index is 0.191. The topological polar surface area (TPSA) is 76.7 Å². The molecule has 6 nitrogen and oxygen atoms in total. The van der Waals surface area contributed by atoms with E-state index in [0.717, 1.165) is 6.42 Å². The smallest absolute Gasteiger partial charge is 0.276 e. The number of hydrazine groups is 1. The number of hydrogen-bond acceptors (Lipinski definition) is 4. The highest BCUT2D eigenvalue weighted by Gasteiger charge is 2.09. The van der Waals surface area contributed by atoms with Gasteiger partial charge in [-0.25, -0.2) is 0 Å². The van der Waals surface area contributed by atoms with Crippen LogP contribution in [0.25, 0.3) is 0 Å². The van der Waals surface area contributed by atoms with Crippen LogP contribution >= 0.6 is 0 Å². The summed E-state index contributed by atoms with van der Waals surface area (Å²) in [5.41, 5.74) is 6.35. The van der Waals surface area contributed by atoms with Gasteiger partial charge in [-0.3, -0.25) is 20.4 Å². The molecule has 0 aromatic heterocycles. The van der Waals surface area contributed by atoms with Crippen LogP contribution in [-0.2, 0) is 4.79 Å². The lowest BCUT2D eigenvalue weighted by molar-refractivity contribution is -0.123. The highest BCUT2D eigenvalue weighted by atomic mass is 16.5. The van der Waals surface area contributed by atoms with Crippen LogP contribution in [0.4, 0.5) is 0 Å². The van der Waals surface area contributed by atoms with Crippen LogP contribution < -0.4 is 20.3 Å². The van der Waals surface area contributed by atoms with E-state index in [1.165, 1.54) is 5.56 Å². The zero-order valence-corrected chi connectivity index (χ0v) is 17.5. The van der Waals surface area contributed by atoms with Gasteiger partial charge in [-0.2, -0.15) is 0 Å². The molecule has 156 valence electrons. The van der Waals surface area contributed by atoms with Gasteiger partial charge >= 0.3 is 0 Å². The fourth-order valence-corrected chi connectivity index (χ4v) is 2.45. The number of nitrogens with one attached hydrogen (secondary N) is 2. The van der Waals surface area contributed by atoms with Gasteiger partial charge in [0, 0.05) is 5.56 Å². The molecular weight excluding hydrogens is 368 g/mol. The van der Waals surface area contributed by atoms with E-state index in [9.17, 15) is 9.59 Å². The third-order valence-electron chi connectivity index (χ3n) is 4.31. The molecule has 2 amide bonds. The molecule has 0 radical (unpaired) electrons. The van der Waals surface area contributed by atoms with Gasteiger partial charge in [-0.15, -0.1) is 0 Å². The van der Waals surface area contributed by atoms with Crippen LogP contribution in [0, 0.1) is 5.92 Å². The number of amides is 2. The summed E-state index contributed by atoms with van der Waals surface area (Å²) in [7, 11) is 0. The summed E-state index contributed by atoms with van der Waals surface area (Å²) in [5, 5.41) is 0. The molecule has 0 spiro atoms. The van der Waals surface area contributed by atoms with E-state index < -0.39 is 11.8 Å². The quantitative estimate of drug-likeness (QED) is 0.624. The van der Waals surface area contributed by atoms with Gasteiger partial charge in [0.1, 0.15) is 11.5 Å². The van der Waals surface area contributed by atoms with Gasteiger partial charge in [0.25, 0.3) is 11.8 Å². The molecule has 0 saturated carbocycles. The third kappa shape index (κ3) is 7.86. The van der Waals surface area contributed by atoms with Crippen molar-refractivity contribution >= 4 is 11.8 Å². The van der Waals surface area contributed by atoms with E-state index in [-0.39, 0.29) is 6.61 Å². The van der Waals surface area contributed by atoms with Crippen LogP contribution in [0.15, 0.2) is 48.5 Å². The standard InChI is InChI=1S/C23H30N2O4/c1-16(2)13-14-28-20-11-7-19(8-12-20)23(27)25-24-22(26)15-29-21-9-5-18(6-10-21)17(3)4/h5-12,16-17H,13-15H2,1-4H3,(H,24,26)(H,25,27). The molecule has 2 aromatic carbocycles. The number of benzene rings is 2. The highest BCUT2D eigenvalue weighted by Crippen LogP contribution is 2.18. The van der Waals surface area contributed by atoms with Crippen molar-refractivity contribution in [2.24, 2.45) is 5.92 Å². The van der Waals surface area contributed by atoms with E-state index in [2.05, 4.69) is 38.5 Å². The van der Waals surface area contributed by atoms with Gasteiger partial charge in [0.05, 0.1) is 6.61 Å². The number of carbonyl (C=O) groups is 2. The number of rotatable bonds is 9. The van der Waals surface area contributed by atoms with Gasteiger partial charge in [0.2, 0.25) is 0 Å². The van der Waals surface area contributed by atoms with Crippen molar-refractivity contribution in [3.05, 3.63) is 59.7 Å². The van der Waals surface area contributed by atoms with Crippen molar-refractivity contribution < 1.29 is 19.1 Å². The molecule has 0 aliphatic rings. The SMILES string of the molecule is CC(C)CCOc1ccc(C(=O)NNC(=O)COc2ccc(C(C)C)cc2)cc1. The van der Waals surface area contributed by atoms with Gasteiger partial charge in [-0.1, -0.05) is 39.8 Å². The molecule has 2 N–H and O–H groups in total. The number of carbonyl (C=O) groups excluding carboxylic acids is 2. The summed E-state index contributed by atoms with van der Waals surface area (Å²) in [6.45, 7) is 8.94. The van der Waals surface area contributed by atoms with Crippen molar-refractivity contribution in [2.75, 3.05) is 13.2 Å². The molecule has 0 aliphatic heterocycles. The molecule has 29 heavy (non-hydrogen) atoms. The van der Waals surface area contributed by atoms with Gasteiger partial charge in [-0.05, 0) is 60.2 Å². The molecule has 0 fully saturated rings. The molecule has 0 aliphatic carbocycles. The molecule has 0 bridgehead atoms. The van der Waals surface area contributed by atoms with Crippen molar-refractivity contribution in [3.8, 4) is 11.5 Å². The minimum atomic E-state index is -0.445. The normalized spacial score (nSPS) is 10.7. The lowest BCUT2D eigenvalue weighted by atomic mass is 10.0. The summed E-state index contributed by atoms with van der Waals surface area (Å²) in [6.07, 6.45) is 0.970. The molecule has 0 atom stereocenters. The van der Waals surface area contributed by atoms with E-state index in [1.54, 1.807) is 24.3 Å². The minimum Gasteiger partial charge on any atom is -0.494 e. The first-order valence-corrected chi connectivity index (χ1v) is 9.90. The Morgan fingerprint density at radius 3 is 2.00 bits per heavy atom. The second-order valence-corrected chi connectivity index (χ2v) is 7.57. The van der Waals surface area contributed by atoms with Crippen LogP contribution in [0.2, 0.25) is 0 Å². The molecule has 0 unspecified atom stereocenters. The Bertz CT molecular complexity index is 784. The second kappa shape index (κ2) is 11.1. The summed E-state index contributed by atoms with van der Waals surface area (Å²) in [5.74, 6) is 1.47. The van der Waals surface area contributed by atoms with Gasteiger partial charge < -0.3 is 9.47 Å². The Hall–Kier alpha value is -3.02. The zero-order valence-electron chi connectivity index (χ0n) is 17.5. The first kappa shape index (κ1) is 22.3. The Morgan fingerprint density at radius 1 is 0.828 bits per heavy atom. The lowest BCUT2D eigenvalue weighted by Crippen LogP contribution is -2.43. The molecular formula is C23H30N2O4. The molecule has 6 heteroatoms. The first-order valence-electron chi connectivity index (χ1n) is 9.90. The van der Waals surface area contributed by atoms with E-state index in [0.29, 0.717) is 35.5 Å². The average molecular weight is 399 g/mol. The predicted molar refractivity (Wildman–Crippen MR) is 113 cm³/mol. The van der Waals surface area contributed by atoms with E-state index in [4.69, 9.17) is 9.47 Å². The van der Waals surface area contributed by atoms with Crippen LogP contribution in [0.5, 0.6) is 11.5 Å². The molecule has 2 aromatic rings. The lowest BCUT2D eigenvalue weighted by Gasteiger charge is -2.11. The Labute approximate surface area is 172 Å². The van der Waals surface area contributed by atoms with Crippen molar-refractivity contribution in [1.82, 2.24) is 10.9 Å². The maximum atomic E-state index is 12.1. The zero-order chi connectivity index (χ0) is 21.2. The average Bonchev–Trinajstić information content (AvgIpc) is 2.71. The summed E-state index contributed by atoms with van der Waals surface area (Å²) in [6, 6.07) is 14.4. The summed E-state index contributed by atoms with van der Waals surface area (Å²) in [4.78, 5) is 24.0. The number of hydrogen-bond donors (Lipinski definition) is 2. The van der Waals surface area contributed by atoms with Crippen molar-refractivity contribution in [3.63, 3.8) is 0 Å². The summed E-state index contributed by atoms with van der Waals surface area (Å²) >= 11 is 0. The second-order valence-electron chi connectivity index (χ2n) is 7.57. The fourth-order valence-electron chi connectivity index (χ4n) is 2.45. The van der Waals surface area contributed by atoms with Gasteiger partial charge in [0.15, 0.2) is 6.61 Å². The van der Waals surface area contributed by atoms with E-state index >= 15 is 0 Å². The van der Waals surface area contributed by atoms with Crippen LogP contribution in [-0.4, -0.2) is 25.0 Å². The Balaban J connectivity index is 1.73. The fraction of sp³-hybridized carbons (Fsp3) is 0.391. The Morgan fingerprint density at radius 2 is 1.41 bits per heavy atom. The monoisotopic (exact) mass is 398 g/mol. The third-order valence-corrected chi connectivity index (χ3v) is 4.31. The first-order chi connectivity index (χ1) is 13.8. The van der Waals surface area contributed by atoms with Crippen LogP contribution in [0.1, 0.15) is 56.0 Å².